The molecule has 0 aromatic heterocycles. The SMILES string of the molecule is CC(C=O)c1ccc(Cl)c(F)c1. The predicted molar refractivity (Wildman–Crippen MR) is 45.9 cm³/mol. The Balaban J connectivity index is 3.04. The van der Waals surface area contributed by atoms with Gasteiger partial charge in [0.05, 0.1) is 5.02 Å². The quantitative estimate of drug-likeness (QED) is 0.650. The second kappa shape index (κ2) is 3.68. The molecule has 0 N–H and O–H groups in total. The van der Waals surface area contributed by atoms with E-state index in [1.165, 1.54) is 12.1 Å². The second-order valence-corrected chi connectivity index (χ2v) is 3.01. The van der Waals surface area contributed by atoms with Crippen LogP contribution in [-0.2, 0) is 4.79 Å². The molecule has 1 aromatic carbocycles. The van der Waals surface area contributed by atoms with Crippen molar-refractivity contribution in [2.24, 2.45) is 0 Å². The van der Waals surface area contributed by atoms with Gasteiger partial charge in [-0.1, -0.05) is 24.6 Å². The highest BCUT2D eigenvalue weighted by Gasteiger charge is 2.06. The van der Waals surface area contributed by atoms with Crippen LogP contribution in [0.5, 0.6) is 0 Å². The molecule has 0 saturated heterocycles. The van der Waals surface area contributed by atoms with Crippen LogP contribution < -0.4 is 0 Å². The maximum absolute atomic E-state index is 12.8. The predicted octanol–water partition coefficient (Wildman–Crippen LogP) is 2.78. The molecule has 0 heterocycles. The van der Waals surface area contributed by atoms with Crippen molar-refractivity contribution >= 4 is 17.9 Å². The van der Waals surface area contributed by atoms with E-state index >= 15 is 0 Å². The van der Waals surface area contributed by atoms with Gasteiger partial charge in [0, 0.05) is 5.92 Å². The minimum absolute atomic E-state index is 0.0804. The number of benzene rings is 1. The molecule has 0 aliphatic rings. The first-order valence-electron chi connectivity index (χ1n) is 3.55. The topological polar surface area (TPSA) is 17.1 Å². The smallest absolute Gasteiger partial charge is 0.142 e. The molecule has 0 radical (unpaired) electrons. The summed E-state index contributed by atoms with van der Waals surface area (Å²) in [5.74, 6) is -0.764. The van der Waals surface area contributed by atoms with Gasteiger partial charge in [-0.05, 0) is 17.7 Å². The molecule has 1 atom stereocenters. The van der Waals surface area contributed by atoms with Gasteiger partial charge in [-0.3, -0.25) is 0 Å². The van der Waals surface area contributed by atoms with Crippen molar-refractivity contribution < 1.29 is 9.18 Å². The molecule has 0 aliphatic carbocycles. The summed E-state index contributed by atoms with van der Waals surface area (Å²) in [4.78, 5) is 10.3. The molecule has 0 bridgehead atoms. The molecule has 0 spiro atoms. The van der Waals surface area contributed by atoms with Crippen LogP contribution >= 0.6 is 11.6 Å². The number of aldehydes is 1. The van der Waals surface area contributed by atoms with Gasteiger partial charge in [-0.2, -0.15) is 0 Å². The number of hydrogen-bond donors (Lipinski definition) is 0. The van der Waals surface area contributed by atoms with E-state index in [9.17, 15) is 9.18 Å². The Morgan fingerprint density at radius 1 is 1.58 bits per heavy atom. The fourth-order valence-electron chi connectivity index (χ4n) is 0.874. The second-order valence-electron chi connectivity index (χ2n) is 2.60. The summed E-state index contributed by atoms with van der Waals surface area (Å²) in [6.07, 6.45) is 0.767. The Morgan fingerprint density at radius 2 is 2.25 bits per heavy atom. The highest BCUT2D eigenvalue weighted by Crippen LogP contribution is 2.19. The normalized spacial score (nSPS) is 12.6. The standard InChI is InChI=1S/C9H8ClFO/c1-6(5-12)7-2-3-8(10)9(11)4-7/h2-6H,1H3. The van der Waals surface area contributed by atoms with Crippen molar-refractivity contribution in [2.45, 2.75) is 12.8 Å². The fraction of sp³-hybridized carbons (Fsp3) is 0.222. The van der Waals surface area contributed by atoms with E-state index in [0.29, 0.717) is 5.56 Å². The number of hydrogen-bond acceptors (Lipinski definition) is 1. The van der Waals surface area contributed by atoms with Gasteiger partial charge in [0.1, 0.15) is 12.1 Å². The molecule has 64 valence electrons. The molecule has 1 nitrogen and oxygen atoms in total. The average molecular weight is 187 g/mol. The third-order valence-electron chi connectivity index (χ3n) is 1.67. The summed E-state index contributed by atoms with van der Waals surface area (Å²) in [7, 11) is 0. The number of halogens is 2. The lowest BCUT2D eigenvalue weighted by atomic mass is 10.0. The van der Waals surface area contributed by atoms with E-state index in [0.717, 1.165) is 6.29 Å². The zero-order chi connectivity index (χ0) is 9.14. The lowest BCUT2D eigenvalue weighted by Crippen LogP contribution is -1.94. The van der Waals surface area contributed by atoms with E-state index in [2.05, 4.69) is 0 Å². The van der Waals surface area contributed by atoms with Gasteiger partial charge in [-0.25, -0.2) is 4.39 Å². The molecule has 0 amide bonds. The van der Waals surface area contributed by atoms with Crippen molar-refractivity contribution in [3.8, 4) is 0 Å². The third kappa shape index (κ3) is 1.83. The molecule has 0 aliphatic heterocycles. The van der Waals surface area contributed by atoms with Crippen molar-refractivity contribution in [1.82, 2.24) is 0 Å². The summed E-state index contributed by atoms with van der Waals surface area (Å²) in [5.41, 5.74) is 0.645. The van der Waals surface area contributed by atoms with Crippen LogP contribution in [0.1, 0.15) is 18.4 Å². The highest BCUT2D eigenvalue weighted by molar-refractivity contribution is 6.30. The van der Waals surface area contributed by atoms with Gasteiger partial charge in [0.2, 0.25) is 0 Å². The Kier molecular flexibility index (Phi) is 2.82. The molecule has 0 saturated carbocycles. The highest BCUT2D eigenvalue weighted by atomic mass is 35.5. The molecular formula is C9H8ClFO. The van der Waals surface area contributed by atoms with Gasteiger partial charge < -0.3 is 4.79 Å². The van der Waals surface area contributed by atoms with Crippen molar-refractivity contribution in [2.75, 3.05) is 0 Å². The summed E-state index contributed by atoms with van der Waals surface area (Å²) in [6, 6.07) is 4.37. The van der Waals surface area contributed by atoms with E-state index in [-0.39, 0.29) is 10.9 Å². The third-order valence-corrected chi connectivity index (χ3v) is 1.98. The van der Waals surface area contributed by atoms with E-state index in [1.807, 2.05) is 0 Å². The van der Waals surface area contributed by atoms with Gasteiger partial charge in [0.25, 0.3) is 0 Å². The van der Waals surface area contributed by atoms with Crippen molar-refractivity contribution in [1.29, 1.82) is 0 Å². The fourth-order valence-corrected chi connectivity index (χ4v) is 0.992. The van der Waals surface area contributed by atoms with Gasteiger partial charge in [-0.15, -0.1) is 0 Å². The van der Waals surface area contributed by atoms with Crippen LogP contribution in [0.25, 0.3) is 0 Å². The first kappa shape index (κ1) is 9.20. The molecule has 1 aromatic rings. The molecule has 1 unspecified atom stereocenters. The largest absolute Gasteiger partial charge is 0.303 e. The zero-order valence-electron chi connectivity index (χ0n) is 6.55. The number of rotatable bonds is 2. The molecule has 1 rings (SSSR count). The van der Waals surface area contributed by atoms with Crippen LogP contribution in [0, 0.1) is 5.82 Å². The van der Waals surface area contributed by atoms with Crippen molar-refractivity contribution in [3.05, 3.63) is 34.6 Å². The summed E-state index contributed by atoms with van der Waals surface area (Å²) < 4.78 is 12.8. The Morgan fingerprint density at radius 3 is 2.75 bits per heavy atom. The van der Waals surface area contributed by atoms with Crippen molar-refractivity contribution in [3.63, 3.8) is 0 Å². The maximum Gasteiger partial charge on any atom is 0.142 e. The van der Waals surface area contributed by atoms with E-state index in [1.54, 1.807) is 13.0 Å². The number of carbonyl (C=O) groups is 1. The minimum Gasteiger partial charge on any atom is -0.303 e. The van der Waals surface area contributed by atoms with Crippen LogP contribution in [0.15, 0.2) is 18.2 Å². The van der Waals surface area contributed by atoms with E-state index in [4.69, 9.17) is 11.6 Å². The minimum atomic E-state index is -0.483. The molecular weight excluding hydrogens is 179 g/mol. The summed E-state index contributed by atoms with van der Waals surface area (Å²) >= 11 is 5.47. The average Bonchev–Trinajstić information content (AvgIpc) is 2.08. The summed E-state index contributed by atoms with van der Waals surface area (Å²) in [5, 5.41) is 0.0804. The Bertz CT molecular complexity index is 299. The lowest BCUT2D eigenvalue weighted by Gasteiger charge is -2.03. The monoisotopic (exact) mass is 186 g/mol. The number of carbonyl (C=O) groups excluding carboxylic acids is 1. The van der Waals surface area contributed by atoms with Crippen LogP contribution in [0.4, 0.5) is 4.39 Å². The van der Waals surface area contributed by atoms with Crippen LogP contribution in [0.2, 0.25) is 5.02 Å². The molecule has 0 fully saturated rings. The first-order valence-corrected chi connectivity index (χ1v) is 3.93. The zero-order valence-corrected chi connectivity index (χ0v) is 7.31. The molecule has 12 heavy (non-hydrogen) atoms. The summed E-state index contributed by atoms with van der Waals surface area (Å²) in [6.45, 7) is 1.70. The first-order chi connectivity index (χ1) is 5.65. The van der Waals surface area contributed by atoms with Gasteiger partial charge in [0.15, 0.2) is 0 Å². The Hall–Kier alpha value is -0.890. The Labute approximate surface area is 75.2 Å². The maximum atomic E-state index is 12.8. The van der Waals surface area contributed by atoms with Gasteiger partial charge >= 0.3 is 0 Å². The lowest BCUT2D eigenvalue weighted by molar-refractivity contribution is -0.108. The van der Waals surface area contributed by atoms with E-state index < -0.39 is 5.82 Å². The molecule has 3 heteroatoms. The van der Waals surface area contributed by atoms with Crippen LogP contribution in [0.3, 0.4) is 0 Å². The van der Waals surface area contributed by atoms with Crippen LogP contribution in [-0.4, -0.2) is 6.29 Å².